The summed E-state index contributed by atoms with van der Waals surface area (Å²) in [6.07, 6.45) is -4.92. The summed E-state index contributed by atoms with van der Waals surface area (Å²) < 4.78 is 61.4. The van der Waals surface area contributed by atoms with Crippen LogP contribution in [-0.4, -0.2) is 36.7 Å². The molecule has 0 aromatic carbocycles. The van der Waals surface area contributed by atoms with E-state index in [1.165, 1.54) is 0 Å². The van der Waals surface area contributed by atoms with Gasteiger partial charge < -0.3 is 10.1 Å². The molecule has 0 aliphatic rings. The summed E-state index contributed by atoms with van der Waals surface area (Å²) in [5.41, 5.74) is -0.371. The van der Waals surface area contributed by atoms with E-state index in [1.807, 2.05) is 4.72 Å². The maximum Gasteiger partial charge on any atom is 0.390 e. The molecule has 0 bridgehead atoms. The SMILES string of the molecule is CC(CC(F)(F)F)NS(=O)(=O)c1c[nH]c(C(=O)O)c1. The first kappa shape index (κ1) is 15.5. The molecule has 0 saturated carbocycles. The summed E-state index contributed by atoms with van der Waals surface area (Å²) in [6, 6.07) is -0.529. The predicted octanol–water partition coefficient (Wildman–Crippen LogP) is 1.33. The predicted molar refractivity (Wildman–Crippen MR) is 58.2 cm³/mol. The first-order chi connectivity index (χ1) is 8.51. The lowest BCUT2D eigenvalue weighted by atomic mass is 10.2. The second kappa shape index (κ2) is 5.21. The summed E-state index contributed by atoms with van der Waals surface area (Å²) in [4.78, 5) is 12.3. The molecule has 0 aliphatic carbocycles. The minimum Gasteiger partial charge on any atom is -0.477 e. The molecule has 0 fully saturated rings. The number of hydrogen-bond donors (Lipinski definition) is 3. The zero-order valence-electron chi connectivity index (χ0n) is 9.65. The van der Waals surface area contributed by atoms with Crippen molar-refractivity contribution in [2.24, 2.45) is 0 Å². The van der Waals surface area contributed by atoms with Gasteiger partial charge in [-0.1, -0.05) is 0 Å². The molecule has 6 nitrogen and oxygen atoms in total. The molecule has 0 aliphatic heterocycles. The molecule has 19 heavy (non-hydrogen) atoms. The van der Waals surface area contributed by atoms with Gasteiger partial charge >= 0.3 is 12.1 Å². The fourth-order valence-electron chi connectivity index (χ4n) is 1.37. The van der Waals surface area contributed by atoms with Crippen LogP contribution in [0.1, 0.15) is 23.8 Å². The van der Waals surface area contributed by atoms with Crippen molar-refractivity contribution in [2.45, 2.75) is 30.5 Å². The Kier molecular flexibility index (Phi) is 4.25. The molecule has 1 heterocycles. The van der Waals surface area contributed by atoms with E-state index in [1.54, 1.807) is 0 Å². The summed E-state index contributed by atoms with van der Waals surface area (Å²) >= 11 is 0. The summed E-state index contributed by atoms with van der Waals surface area (Å²) in [5, 5.41) is 8.60. The third kappa shape index (κ3) is 4.56. The van der Waals surface area contributed by atoms with Crippen LogP contribution in [-0.2, 0) is 10.0 Å². The molecule has 1 aromatic heterocycles. The van der Waals surface area contributed by atoms with Crippen molar-refractivity contribution in [2.75, 3.05) is 0 Å². The second-order valence-electron chi connectivity index (χ2n) is 3.90. The molecule has 3 N–H and O–H groups in total. The Balaban J connectivity index is 2.83. The Morgan fingerprint density at radius 2 is 2.11 bits per heavy atom. The van der Waals surface area contributed by atoms with E-state index in [9.17, 15) is 26.4 Å². The first-order valence-electron chi connectivity index (χ1n) is 5.02. The molecular weight excluding hydrogens is 289 g/mol. The Bertz CT molecular complexity index is 564. The number of halogens is 3. The van der Waals surface area contributed by atoms with Crippen LogP contribution in [0, 0.1) is 0 Å². The van der Waals surface area contributed by atoms with Gasteiger partial charge in [-0.2, -0.15) is 13.2 Å². The summed E-state index contributed by atoms with van der Waals surface area (Å²) in [6.45, 7) is 1.07. The number of carboxylic acid groups (broad SMARTS) is 1. The monoisotopic (exact) mass is 300 g/mol. The number of carboxylic acids is 1. The lowest BCUT2D eigenvalue weighted by Crippen LogP contribution is -2.35. The zero-order valence-corrected chi connectivity index (χ0v) is 10.5. The summed E-state index contributed by atoms with van der Waals surface area (Å²) in [7, 11) is -4.19. The van der Waals surface area contributed by atoms with Gasteiger partial charge in [0.25, 0.3) is 0 Å². The number of nitrogens with one attached hydrogen (secondary N) is 2. The van der Waals surface area contributed by atoms with Gasteiger partial charge in [0.15, 0.2) is 0 Å². The van der Waals surface area contributed by atoms with E-state index in [4.69, 9.17) is 5.11 Å². The smallest absolute Gasteiger partial charge is 0.390 e. The molecule has 108 valence electrons. The lowest BCUT2D eigenvalue weighted by Gasteiger charge is -2.15. The van der Waals surface area contributed by atoms with Crippen LogP contribution in [0.2, 0.25) is 0 Å². The number of sulfonamides is 1. The molecule has 0 saturated heterocycles. The van der Waals surface area contributed by atoms with Crippen LogP contribution >= 0.6 is 0 Å². The Morgan fingerprint density at radius 1 is 1.53 bits per heavy atom. The number of hydrogen-bond acceptors (Lipinski definition) is 3. The molecule has 0 amide bonds. The highest BCUT2D eigenvalue weighted by Gasteiger charge is 2.32. The van der Waals surface area contributed by atoms with Crippen LogP contribution < -0.4 is 4.72 Å². The molecule has 1 unspecified atom stereocenters. The Labute approximate surface area is 106 Å². The van der Waals surface area contributed by atoms with Crippen LogP contribution in [0.5, 0.6) is 0 Å². The van der Waals surface area contributed by atoms with E-state index in [-0.39, 0.29) is 5.69 Å². The largest absolute Gasteiger partial charge is 0.477 e. The number of alkyl halides is 3. The normalized spacial score (nSPS) is 14.3. The molecule has 0 radical (unpaired) electrons. The van der Waals surface area contributed by atoms with E-state index in [0.717, 1.165) is 19.2 Å². The highest BCUT2D eigenvalue weighted by molar-refractivity contribution is 7.89. The number of rotatable bonds is 5. The van der Waals surface area contributed by atoms with Crippen molar-refractivity contribution in [1.82, 2.24) is 9.71 Å². The van der Waals surface area contributed by atoms with Gasteiger partial charge in [-0.15, -0.1) is 0 Å². The van der Waals surface area contributed by atoms with Gasteiger partial charge in [-0.3, -0.25) is 0 Å². The van der Waals surface area contributed by atoms with E-state index in [2.05, 4.69) is 4.98 Å². The summed E-state index contributed by atoms with van der Waals surface area (Å²) in [5.74, 6) is -1.37. The van der Waals surface area contributed by atoms with Gasteiger partial charge in [0.1, 0.15) is 10.6 Å². The van der Waals surface area contributed by atoms with Crippen molar-refractivity contribution >= 4 is 16.0 Å². The number of aromatic nitrogens is 1. The standard InChI is InChI=1S/C9H11F3N2O4S/c1-5(3-9(10,11)12)14-19(17,18)6-2-7(8(15)16)13-4-6/h2,4-5,13-14H,3H2,1H3,(H,15,16). The highest BCUT2D eigenvalue weighted by atomic mass is 32.2. The zero-order chi connectivity index (χ0) is 14.8. The van der Waals surface area contributed by atoms with Crippen molar-refractivity contribution in [3.05, 3.63) is 18.0 Å². The molecular formula is C9H11F3N2O4S. The van der Waals surface area contributed by atoms with Crippen LogP contribution in [0.15, 0.2) is 17.2 Å². The molecule has 0 spiro atoms. The minimum absolute atomic E-state index is 0.371. The Morgan fingerprint density at radius 3 is 2.53 bits per heavy atom. The van der Waals surface area contributed by atoms with Crippen LogP contribution in [0.25, 0.3) is 0 Å². The topological polar surface area (TPSA) is 99.3 Å². The quantitative estimate of drug-likeness (QED) is 0.764. The average molecular weight is 300 g/mol. The third-order valence-electron chi connectivity index (χ3n) is 2.09. The van der Waals surface area contributed by atoms with Crippen molar-refractivity contribution in [1.29, 1.82) is 0 Å². The van der Waals surface area contributed by atoms with Gasteiger partial charge in [0.05, 0.1) is 6.42 Å². The number of aromatic carboxylic acids is 1. The van der Waals surface area contributed by atoms with Crippen molar-refractivity contribution < 1.29 is 31.5 Å². The van der Waals surface area contributed by atoms with Crippen LogP contribution in [0.3, 0.4) is 0 Å². The van der Waals surface area contributed by atoms with Gasteiger partial charge in [0.2, 0.25) is 10.0 Å². The maximum absolute atomic E-state index is 12.1. The van der Waals surface area contributed by atoms with Gasteiger partial charge in [0, 0.05) is 12.2 Å². The molecule has 1 rings (SSSR count). The highest BCUT2D eigenvalue weighted by Crippen LogP contribution is 2.22. The minimum atomic E-state index is -4.49. The van der Waals surface area contributed by atoms with Crippen LogP contribution in [0.4, 0.5) is 13.2 Å². The third-order valence-corrected chi connectivity index (χ3v) is 3.66. The van der Waals surface area contributed by atoms with E-state index >= 15 is 0 Å². The first-order valence-corrected chi connectivity index (χ1v) is 6.50. The Hall–Kier alpha value is -1.55. The maximum atomic E-state index is 12.1. The lowest BCUT2D eigenvalue weighted by molar-refractivity contribution is -0.137. The van der Waals surface area contributed by atoms with E-state index < -0.39 is 39.5 Å². The molecule has 1 aromatic rings. The fraction of sp³-hybridized carbons (Fsp3) is 0.444. The number of carbonyl (C=O) groups is 1. The number of aromatic amines is 1. The molecule has 1 atom stereocenters. The molecule has 10 heteroatoms. The van der Waals surface area contributed by atoms with Crippen molar-refractivity contribution in [3.63, 3.8) is 0 Å². The number of H-pyrrole nitrogens is 1. The second-order valence-corrected chi connectivity index (χ2v) is 5.61. The average Bonchev–Trinajstić information content (AvgIpc) is 2.61. The van der Waals surface area contributed by atoms with Gasteiger partial charge in [-0.05, 0) is 13.0 Å². The van der Waals surface area contributed by atoms with Gasteiger partial charge in [-0.25, -0.2) is 17.9 Å². The van der Waals surface area contributed by atoms with Crippen molar-refractivity contribution in [3.8, 4) is 0 Å². The fourth-order valence-corrected chi connectivity index (χ4v) is 2.61. The van der Waals surface area contributed by atoms with E-state index in [0.29, 0.717) is 0 Å².